The molecule has 0 aliphatic heterocycles. The van der Waals surface area contributed by atoms with Crippen LogP contribution >= 0.6 is 0 Å². The molecule has 0 spiro atoms. The van der Waals surface area contributed by atoms with Crippen LogP contribution < -0.4 is 5.56 Å². The van der Waals surface area contributed by atoms with Gasteiger partial charge >= 0.3 is 6.18 Å². The predicted octanol–water partition coefficient (Wildman–Crippen LogP) is 1.59. The van der Waals surface area contributed by atoms with Crippen LogP contribution in [-0.2, 0) is 12.7 Å². The normalized spacial score (nSPS) is 11.8. The summed E-state index contributed by atoms with van der Waals surface area (Å²) in [6.45, 7) is 3.05. The molecule has 0 N–H and O–H groups in total. The maximum atomic E-state index is 12.3. The topological polar surface area (TPSA) is 34.9 Å². The van der Waals surface area contributed by atoms with Gasteiger partial charge in [-0.3, -0.25) is 4.79 Å². The van der Waals surface area contributed by atoms with Crippen molar-refractivity contribution in [1.29, 1.82) is 0 Å². The van der Waals surface area contributed by atoms with Gasteiger partial charge in [0.05, 0.1) is 11.8 Å². The molecule has 0 radical (unpaired) electrons. The van der Waals surface area contributed by atoms with Crippen molar-refractivity contribution in [2.24, 2.45) is 0 Å². The molecular weight excluding hydrogens is 197 g/mol. The third-order valence-corrected chi connectivity index (χ3v) is 1.89. The van der Waals surface area contributed by atoms with Crippen LogP contribution in [0.15, 0.2) is 11.0 Å². The van der Waals surface area contributed by atoms with Crippen LogP contribution in [0.5, 0.6) is 0 Å². The number of rotatable bonds is 1. The lowest BCUT2D eigenvalue weighted by Crippen LogP contribution is -2.27. The van der Waals surface area contributed by atoms with Gasteiger partial charge in [-0.25, -0.2) is 4.68 Å². The van der Waals surface area contributed by atoms with Gasteiger partial charge in [0, 0.05) is 12.1 Å². The second-order valence-corrected chi connectivity index (χ2v) is 2.80. The van der Waals surface area contributed by atoms with E-state index in [-0.39, 0.29) is 12.1 Å². The zero-order chi connectivity index (χ0) is 10.9. The predicted molar refractivity (Wildman–Crippen MR) is 43.9 cm³/mol. The molecular formula is C8H9F3N2O. The lowest BCUT2D eigenvalue weighted by Gasteiger charge is -2.10. The Hall–Kier alpha value is -1.33. The molecule has 1 aromatic heterocycles. The van der Waals surface area contributed by atoms with Gasteiger partial charge < -0.3 is 0 Å². The van der Waals surface area contributed by atoms with Crippen molar-refractivity contribution < 1.29 is 13.2 Å². The molecule has 0 saturated heterocycles. The van der Waals surface area contributed by atoms with E-state index in [0.29, 0.717) is 6.20 Å². The minimum Gasteiger partial charge on any atom is -0.267 e. The first kappa shape index (κ1) is 10.7. The van der Waals surface area contributed by atoms with Crippen molar-refractivity contribution in [2.75, 3.05) is 0 Å². The van der Waals surface area contributed by atoms with Crippen molar-refractivity contribution in [2.45, 2.75) is 26.6 Å². The minimum atomic E-state index is -4.51. The van der Waals surface area contributed by atoms with E-state index in [0.717, 1.165) is 11.6 Å². The molecule has 3 nitrogen and oxygen atoms in total. The molecule has 0 bridgehead atoms. The van der Waals surface area contributed by atoms with Crippen LogP contribution in [0, 0.1) is 6.92 Å². The number of aryl methyl sites for hydroxylation is 1. The quantitative estimate of drug-likeness (QED) is 0.699. The summed E-state index contributed by atoms with van der Waals surface area (Å²) in [5.41, 5.74) is -1.97. The van der Waals surface area contributed by atoms with Gasteiger partial charge in [-0.2, -0.15) is 18.3 Å². The summed E-state index contributed by atoms with van der Waals surface area (Å²) in [4.78, 5) is 11.3. The largest absolute Gasteiger partial charge is 0.418 e. The molecule has 0 aliphatic rings. The summed E-state index contributed by atoms with van der Waals surface area (Å²) in [6, 6.07) is 0. The summed E-state index contributed by atoms with van der Waals surface area (Å²) < 4.78 is 37.8. The number of nitrogens with zero attached hydrogens (tertiary/aromatic N) is 2. The fourth-order valence-corrected chi connectivity index (χ4v) is 1.10. The standard InChI is InChI=1S/C8H9F3N2O/c1-3-13-7(14)5(2)6(4-12-13)8(9,10)11/h4H,3H2,1-2H3. The Kier molecular flexibility index (Phi) is 2.64. The average Bonchev–Trinajstić information content (AvgIpc) is 2.07. The van der Waals surface area contributed by atoms with Gasteiger partial charge in [-0.05, 0) is 13.8 Å². The fraction of sp³-hybridized carbons (Fsp3) is 0.500. The Bertz CT molecular complexity index is 395. The SMILES string of the molecule is CCn1ncc(C(F)(F)F)c(C)c1=O. The van der Waals surface area contributed by atoms with E-state index in [2.05, 4.69) is 5.10 Å². The molecule has 0 aromatic carbocycles. The second-order valence-electron chi connectivity index (χ2n) is 2.80. The van der Waals surface area contributed by atoms with Gasteiger partial charge in [-0.1, -0.05) is 0 Å². The number of halogens is 3. The number of alkyl halides is 3. The lowest BCUT2D eigenvalue weighted by atomic mass is 10.2. The van der Waals surface area contributed by atoms with Gasteiger partial charge in [-0.15, -0.1) is 0 Å². The monoisotopic (exact) mass is 206 g/mol. The minimum absolute atomic E-state index is 0.262. The molecule has 1 rings (SSSR count). The van der Waals surface area contributed by atoms with Crippen LogP contribution in [0.2, 0.25) is 0 Å². The summed E-state index contributed by atoms with van der Waals surface area (Å²) in [6.07, 6.45) is -3.83. The lowest BCUT2D eigenvalue weighted by molar-refractivity contribution is -0.138. The van der Waals surface area contributed by atoms with Crippen LogP contribution in [0.25, 0.3) is 0 Å². The maximum Gasteiger partial charge on any atom is 0.418 e. The van der Waals surface area contributed by atoms with Crippen molar-refractivity contribution >= 4 is 0 Å². The molecule has 78 valence electrons. The summed E-state index contributed by atoms with van der Waals surface area (Å²) in [7, 11) is 0. The smallest absolute Gasteiger partial charge is 0.267 e. The molecule has 0 atom stereocenters. The zero-order valence-electron chi connectivity index (χ0n) is 7.72. The van der Waals surface area contributed by atoms with Crippen LogP contribution in [0.1, 0.15) is 18.1 Å². The molecule has 0 saturated carbocycles. The molecule has 0 aliphatic carbocycles. The first-order chi connectivity index (χ1) is 6.38. The maximum absolute atomic E-state index is 12.3. The highest BCUT2D eigenvalue weighted by molar-refractivity contribution is 5.22. The Balaban J connectivity index is 3.40. The van der Waals surface area contributed by atoms with E-state index >= 15 is 0 Å². The number of aromatic nitrogens is 2. The molecule has 1 heterocycles. The third kappa shape index (κ3) is 1.78. The van der Waals surface area contributed by atoms with Gasteiger partial charge in [0.1, 0.15) is 0 Å². The summed E-state index contributed by atoms with van der Waals surface area (Å²) in [5.74, 6) is 0. The Morgan fingerprint density at radius 3 is 2.50 bits per heavy atom. The number of hydrogen-bond donors (Lipinski definition) is 0. The Morgan fingerprint density at radius 2 is 2.07 bits per heavy atom. The van der Waals surface area contributed by atoms with E-state index in [1.54, 1.807) is 6.92 Å². The number of hydrogen-bond acceptors (Lipinski definition) is 2. The molecule has 0 fully saturated rings. The first-order valence-electron chi connectivity index (χ1n) is 4.01. The molecule has 1 aromatic rings. The fourth-order valence-electron chi connectivity index (χ4n) is 1.10. The highest BCUT2D eigenvalue weighted by Crippen LogP contribution is 2.29. The second kappa shape index (κ2) is 3.43. The third-order valence-electron chi connectivity index (χ3n) is 1.89. The summed E-state index contributed by atoms with van der Waals surface area (Å²) >= 11 is 0. The highest BCUT2D eigenvalue weighted by Gasteiger charge is 2.34. The molecule has 0 amide bonds. The van der Waals surface area contributed by atoms with E-state index in [9.17, 15) is 18.0 Å². The van der Waals surface area contributed by atoms with Crippen molar-refractivity contribution in [3.63, 3.8) is 0 Å². The Labute approximate surface area is 78.2 Å². The van der Waals surface area contributed by atoms with Gasteiger partial charge in [0.2, 0.25) is 0 Å². The van der Waals surface area contributed by atoms with Gasteiger partial charge in [0.15, 0.2) is 0 Å². The molecule has 0 unspecified atom stereocenters. The van der Waals surface area contributed by atoms with Crippen LogP contribution in [0.4, 0.5) is 13.2 Å². The van der Waals surface area contributed by atoms with Crippen molar-refractivity contribution in [1.82, 2.24) is 9.78 Å². The van der Waals surface area contributed by atoms with E-state index < -0.39 is 17.3 Å². The summed E-state index contributed by atoms with van der Waals surface area (Å²) in [5, 5.41) is 3.41. The van der Waals surface area contributed by atoms with Gasteiger partial charge in [0.25, 0.3) is 5.56 Å². The van der Waals surface area contributed by atoms with E-state index in [4.69, 9.17) is 0 Å². The van der Waals surface area contributed by atoms with Crippen molar-refractivity contribution in [3.8, 4) is 0 Å². The van der Waals surface area contributed by atoms with E-state index in [1.807, 2.05) is 0 Å². The highest BCUT2D eigenvalue weighted by atomic mass is 19.4. The molecule has 14 heavy (non-hydrogen) atoms. The van der Waals surface area contributed by atoms with E-state index in [1.165, 1.54) is 0 Å². The molecule has 6 heteroatoms. The van der Waals surface area contributed by atoms with Crippen molar-refractivity contribution in [3.05, 3.63) is 27.7 Å². The van der Waals surface area contributed by atoms with Crippen LogP contribution in [-0.4, -0.2) is 9.78 Å². The Morgan fingerprint density at radius 1 is 1.50 bits per heavy atom. The average molecular weight is 206 g/mol. The van der Waals surface area contributed by atoms with Crippen LogP contribution in [0.3, 0.4) is 0 Å². The first-order valence-corrected chi connectivity index (χ1v) is 4.01. The zero-order valence-corrected chi connectivity index (χ0v) is 7.72.